The van der Waals surface area contributed by atoms with Gasteiger partial charge in [-0.15, -0.1) is 12.4 Å². The molecular formula is C16H21ClN4O. The molecule has 5 nitrogen and oxygen atoms in total. The van der Waals surface area contributed by atoms with Crippen LogP contribution in [0, 0.1) is 0 Å². The number of amides is 1. The molecule has 2 heterocycles. The first-order chi connectivity index (χ1) is 10.2. The topological polar surface area (TPSA) is 59.0 Å². The maximum atomic E-state index is 12.3. The van der Waals surface area contributed by atoms with Gasteiger partial charge < -0.3 is 10.6 Å². The number of nitrogens with one attached hydrogen (secondary N) is 2. The fourth-order valence-electron chi connectivity index (χ4n) is 2.69. The molecule has 2 aromatic rings. The number of rotatable bonds is 3. The first-order valence-corrected chi connectivity index (χ1v) is 7.37. The van der Waals surface area contributed by atoms with E-state index in [0.29, 0.717) is 11.6 Å². The molecule has 2 N–H and O–H groups in total. The summed E-state index contributed by atoms with van der Waals surface area (Å²) in [5.74, 6) is -0.0451. The van der Waals surface area contributed by atoms with Gasteiger partial charge in [0.1, 0.15) is 0 Å². The second-order valence-corrected chi connectivity index (χ2v) is 5.56. The fourth-order valence-corrected chi connectivity index (χ4v) is 2.69. The highest BCUT2D eigenvalue weighted by atomic mass is 35.5. The molecule has 1 aliphatic rings. The van der Waals surface area contributed by atoms with Crippen molar-refractivity contribution >= 4 is 18.3 Å². The second kappa shape index (κ2) is 7.42. The molecule has 1 amide bonds. The molecule has 0 saturated carbocycles. The number of nitrogens with zero attached hydrogens (tertiary/aromatic N) is 2. The van der Waals surface area contributed by atoms with Crippen LogP contribution < -0.4 is 10.6 Å². The Morgan fingerprint density at radius 1 is 1.36 bits per heavy atom. The molecule has 6 heteroatoms. The largest absolute Gasteiger partial charge is 0.349 e. The van der Waals surface area contributed by atoms with Gasteiger partial charge in [-0.2, -0.15) is 5.10 Å². The van der Waals surface area contributed by atoms with Gasteiger partial charge in [0.2, 0.25) is 0 Å². The van der Waals surface area contributed by atoms with Crippen LogP contribution in [0.2, 0.25) is 0 Å². The minimum absolute atomic E-state index is 0. The average Bonchev–Trinajstić information content (AvgIpc) is 2.98. The maximum Gasteiger partial charge on any atom is 0.254 e. The Bertz CT molecular complexity index is 614. The summed E-state index contributed by atoms with van der Waals surface area (Å²) in [6.45, 7) is 3.10. The first-order valence-electron chi connectivity index (χ1n) is 7.37. The van der Waals surface area contributed by atoms with Crippen LogP contribution in [0.3, 0.4) is 0 Å². The van der Waals surface area contributed by atoms with Crippen molar-refractivity contribution in [2.24, 2.45) is 0 Å². The van der Waals surface area contributed by atoms with Crippen LogP contribution in [0.15, 0.2) is 42.7 Å². The molecule has 1 fully saturated rings. The van der Waals surface area contributed by atoms with E-state index >= 15 is 0 Å². The van der Waals surface area contributed by atoms with Gasteiger partial charge in [0, 0.05) is 18.3 Å². The van der Waals surface area contributed by atoms with Crippen molar-refractivity contribution in [3.63, 3.8) is 0 Å². The summed E-state index contributed by atoms with van der Waals surface area (Å²) in [6, 6.07) is 10.5. The van der Waals surface area contributed by atoms with Crippen molar-refractivity contribution in [1.29, 1.82) is 0 Å². The molecule has 2 unspecified atom stereocenters. The van der Waals surface area contributed by atoms with Crippen LogP contribution in [0.5, 0.6) is 0 Å². The molecule has 22 heavy (non-hydrogen) atoms. The summed E-state index contributed by atoms with van der Waals surface area (Å²) in [7, 11) is 0. The molecular weight excluding hydrogens is 300 g/mol. The Morgan fingerprint density at radius 3 is 2.86 bits per heavy atom. The fraction of sp³-hybridized carbons (Fsp3) is 0.375. The van der Waals surface area contributed by atoms with Gasteiger partial charge in [-0.25, -0.2) is 4.68 Å². The molecule has 2 atom stereocenters. The van der Waals surface area contributed by atoms with Crippen LogP contribution in [-0.2, 0) is 0 Å². The number of hydrogen-bond acceptors (Lipinski definition) is 3. The zero-order chi connectivity index (χ0) is 14.7. The van der Waals surface area contributed by atoms with Gasteiger partial charge >= 0.3 is 0 Å². The minimum atomic E-state index is -0.0451. The average molecular weight is 321 g/mol. The molecule has 0 bridgehead atoms. The number of piperidine rings is 1. The number of halogens is 1. The van der Waals surface area contributed by atoms with Gasteiger partial charge in [0.05, 0.1) is 17.4 Å². The number of hydrogen-bond donors (Lipinski definition) is 2. The summed E-state index contributed by atoms with van der Waals surface area (Å²) in [4.78, 5) is 12.3. The first kappa shape index (κ1) is 16.5. The number of para-hydroxylation sites is 1. The molecule has 0 radical (unpaired) electrons. The molecule has 0 spiro atoms. The Kier molecular flexibility index (Phi) is 5.57. The summed E-state index contributed by atoms with van der Waals surface area (Å²) >= 11 is 0. The Hall–Kier alpha value is -1.85. The molecule has 1 aromatic heterocycles. The van der Waals surface area contributed by atoms with Crippen LogP contribution >= 0.6 is 12.4 Å². The van der Waals surface area contributed by atoms with E-state index < -0.39 is 0 Å². The highest BCUT2D eigenvalue weighted by Gasteiger charge is 2.21. The minimum Gasteiger partial charge on any atom is -0.349 e. The number of carbonyl (C=O) groups excluding carboxylic acids is 1. The number of aromatic nitrogens is 2. The van der Waals surface area contributed by atoms with Crippen molar-refractivity contribution in [2.45, 2.75) is 31.8 Å². The quantitative estimate of drug-likeness (QED) is 0.911. The lowest BCUT2D eigenvalue weighted by Gasteiger charge is -2.28. The Morgan fingerprint density at radius 2 is 2.14 bits per heavy atom. The van der Waals surface area contributed by atoms with E-state index in [1.807, 2.05) is 30.3 Å². The molecule has 0 aliphatic carbocycles. The smallest absolute Gasteiger partial charge is 0.254 e. The van der Waals surface area contributed by atoms with Gasteiger partial charge in [0.25, 0.3) is 5.91 Å². The van der Waals surface area contributed by atoms with E-state index in [-0.39, 0.29) is 24.4 Å². The van der Waals surface area contributed by atoms with E-state index in [0.717, 1.165) is 25.1 Å². The van der Waals surface area contributed by atoms with Crippen LogP contribution in [0.25, 0.3) is 5.69 Å². The molecule has 1 aromatic carbocycles. The molecule has 3 rings (SSSR count). The van der Waals surface area contributed by atoms with E-state index in [9.17, 15) is 4.79 Å². The summed E-state index contributed by atoms with van der Waals surface area (Å²) in [5, 5.41) is 10.7. The van der Waals surface area contributed by atoms with Gasteiger partial charge in [-0.3, -0.25) is 4.79 Å². The zero-order valence-corrected chi connectivity index (χ0v) is 13.3. The third-order valence-electron chi connectivity index (χ3n) is 3.82. The summed E-state index contributed by atoms with van der Waals surface area (Å²) < 4.78 is 1.72. The van der Waals surface area contributed by atoms with Gasteiger partial charge in [0.15, 0.2) is 0 Å². The van der Waals surface area contributed by atoms with Gasteiger partial charge in [-0.05, 0) is 38.4 Å². The Balaban J connectivity index is 0.00000176. The molecule has 118 valence electrons. The van der Waals surface area contributed by atoms with Crippen molar-refractivity contribution in [3.05, 3.63) is 48.3 Å². The standard InChI is InChI=1S/C16H20N4O.ClH/c1-12-9-14(7-8-17-12)19-16(21)13-10-18-20(11-13)15-5-3-2-4-6-15;/h2-6,10-12,14,17H,7-9H2,1H3,(H,19,21);1H. The highest BCUT2D eigenvalue weighted by Crippen LogP contribution is 2.11. The predicted molar refractivity (Wildman–Crippen MR) is 88.8 cm³/mol. The van der Waals surface area contributed by atoms with Crippen molar-refractivity contribution in [1.82, 2.24) is 20.4 Å². The van der Waals surface area contributed by atoms with E-state index in [1.54, 1.807) is 17.1 Å². The third kappa shape index (κ3) is 3.87. The van der Waals surface area contributed by atoms with E-state index in [1.165, 1.54) is 0 Å². The highest BCUT2D eigenvalue weighted by molar-refractivity contribution is 5.94. The Labute approximate surface area is 136 Å². The SMILES string of the molecule is CC1CC(NC(=O)c2cnn(-c3ccccc3)c2)CCN1.Cl. The molecule has 1 aliphatic heterocycles. The maximum absolute atomic E-state index is 12.3. The van der Waals surface area contributed by atoms with Crippen molar-refractivity contribution < 1.29 is 4.79 Å². The van der Waals surface area contributed by atoms with E-state index in [2.05, 4.69) is 22.7 Å². The van der Waals surface area contributed by atoms with Crippen molar-refractivity contribution in [3.8, 4) is 5.69 Å². The summed E-state index contributed by atoms with van der Waals surface area (Å²) in [5.41, 5.74) is 1.55. The predicted octanol–water partition coefficient (Wildman–Crippen LogP) is 2.16. The van der Waals surface area contributed by atoms with E-state index in [4.69, 9.17) is 0 Å². The third-order valence-corrected chi connectivity index (χ3v) is 3.82. The molecule has 1 saturated heterocycles. The van der Waals surface area contributed by atoms with Crippen LogP contribution in [0.1, 0.15) is 30.1 Å². The zero-order valence-electron chi connectivity index (χ0n) is 12.5. The lowest BCUT2D eigenvalue weighted by molar-refractivity contribution is 0.0925. The van der Waals surface area contributed by atoms with Crippen LogP contribution in [-0.4, -0.2) is 34.3 Å². The lowest BCUT2D eigenvalue weighted by Crippen LogP contribution is -2.46. The second-order valence-electron chi connectivity index (χ2n) is 5.56. The number of carbonyl (C=O) groups is 1. The van der Waals surface area contributed by atoms with Crippen LogP contribution in [0.4, 0.5) is 0 Å². The van der Waals surface area contributed by atoms with Crippen molar-refractivity contribution in [2.75, 3.05) is 6.54 Å². The summed E-state index contributed by atoms with van der Waals surface area (Å²) in [6.07, 6.45) is 5.34. The monoisotopic (exact) mass is 320 g/mol. The van der Waals surface area contributed by atoms with Gasteiger partial charge in [-0.1, -0.05) is 18.2 Å². The normalized spacial score (nSPS) is 21.0. The lowest BCUT2D eigenvalue weighted by atomic mass is 10.0. The number of benzene rings is 1.